The largest absolute Gasteiger partial charge is 0.348 e. The lowest BCUT2D eigenvalue weighted by Crippen LogP contribution is -2.41. The number of benzene rings is 1. The van der Waals surface area contributed by atoms with Gasteiger partial charge < -0.3 is 10.2 Å². The molecule has 170 valence electrons. The standard InChI is InChI=1S/C25H31FN4O2/c1-29-16-20(23(31)27-15-18-3-5-19(26)6-4-18)22(28-29)13-17-7-11-30(12-8-17)24(32)21-14-25(21)9-2-10-25/h3-6,16-17,21H,2,7-15H2,1H3,(H,27,31). The average molecular weight is 439 g/mol. The van der Waals surface area contributed by atoms with Gasteiger partial charge in [-0.1, -0.05) is 18.6 Å². The summed E-state index contributed by atoms with van der Waals surface area (Å²) in [5.41, 5.74) is 2.64. The molecule has 2 aliphatic carbocycles. The molecule has 2 aromatic rings. The van der Waals surface area contributed by atoms with Crippen LogP contribution in [0.2, 0.25) is 0 Å². The van der Waals surface area contributed by atoms with Crippen LogP contribution in [-0.2, 0) is 24.8 Å². The normalized spacial score (nSPS) is 21.9. The Labute approximate surface area is 188 Å². The summed E-state index contributed by atoms with van der Waals surface area (Å²) >= 11 is 0. The summed E-state index contributed by atoms with van der Waals surface area (Å²) in [6, 6.07) is 6.12. The van der Waals surface area contributed by atoms with Crippen LogP contribution >= 0.6 is 0 Å². The highest BCUT2D eigenvalue weighted by Crippen LogP contribution is 2.66. The number of likely N-dealkylation sites (tertiary alicyclic amines) is 1. The van der Waals surface area contributed by atoms with Gasteiger partial charge in [0.15, 0.2) is 0 Å². The number of nitrogens with zero attached hydrogens (tertiary/aromatic N) is 3. The van der Waals surface area contributed by atoms with E-state index < -0.39 is 0 Å². The molecule has 0 bridgehead atoms. The van der Waals surface area contributed by atoms with E-state index in [1.54, 1.807) is 23.0 Å². The van der Waals surface area contributed by atoms with Crippen LogP contribution < -0.4 is 5.32 Å². The van der Waals surface area contributed by atoms with Crippen molar-refractivity contribution in [3.63, 3.8) is 0 Å². The molecule has 32 heavy (non-hydrogen) atoms. The fourth-order valence-electron chi connectivity index (χ4n) is 5.49. The number of carbonyl (C=O) groups excluding carboxylic acids is 2. The fourth-order valence-corrected chi connectivity index (χ4v) is 5.49. The molecule has 2 heterocycles. The van der Waals surface area contributed by atoms with Crippen molar-refractivity contribution in [2.75, 3.05) is 13.1 Å². The maximum absolute atomic E-state index is 13.1. The van der Waals surface area contributed by atoms with Gasteiger partial charge in [0, 0.05) is 38.8 Å². The molecule has 1 aromatic carbocycles. The minimum Gasteiger partial charge on any atom is -0.348 e. The Balaban J connectivity index is 1.14. The lowest BCUT2D eigenvalue weighted by molar-refractivity contribution is -0.135. The summed E-state index contributed by atoms with van der Waals surface area (Å²) in [6.45, 7) is 1.97. The zero-order valence-corrected chi connectivity index (χ0v) is 18.6. The molecule has 0 radical (unpaired) electrons. The predicted molar refractivity (Wildman–Crippen MR) is 118 cm³/mol. The van der Waals surface area contributed by atoms with E-state index in [0.29, 0.717) is 35.3 Å². The summed E-state index contributed by atoms with van der Waals surface area (Å²) in [6.07, 6.45) is 9.30. The number of hydrogen-bond donors (Lipinski definition) is 1. The van der Waals surface area contributed by atoms with E-state index in [2.05, 4.69) is 15.3 Å². The first-order valence-corrected chi connectivity index (χ1v) is 11.8. The quantitative estimate of drug-likeness (QED) is 0.751. The van der Waals surface area contributed by atoms with E-state index in [9.17, 15) is 14.0 Å². The third kappa shape index (κ3) is 4.17. The Morgan fingerprint density at radius 1 is 1.19 bits per heavy atom. The van der Waals surface area contributed by atoms with Crippen molar-refractivity contribution < 1.29 is 14.0 Å². The number of aromatic nitrogens is 2. The Morgan fingerprint density at radius 3 is 2.53 bits per heavy atom. The molecule has 3 fully saturated rings. The predicted octanol–water partition coefficient (Wildman–Crippen LogP) is 3.46. The van der Waals surface area contributed by atoms with Crippen molar-refractivity contribution in [1.29, 1.82) is 0 Å². The van der Waals surface area contributed by atoms with Crippen molar-refractivity contribution in [2.45, 2.75) is 51.5 Å². The zero-order valence-electron chi connectivity index (χ0n) is 18.6. The van der Waals surface area contributed by atoms with Crippen molar-refractivity contribution in [2.24, 2.45) is 24.3 Å². The highest BCUT2D eigenvalue weighted by atomic mass is 19.1. The minimum absolute atomic E-state index is 0.162. The fraction of sp³-hybridized carbons (Fsp3) is 0.560. The third-order valence-corrected chi connectivity index (χ3v) is 7.76. The summed E-state index contributed by atoms with van der Waals surface area (Å²) < 4.78 is 14.8. The van der Waals surface area contributed by atoms with Crippen LogP contribution in [0.4, 0.5) is 4.39 Å². The number of nitrogens with one attached hydrogen (secondary N) is 1. The van der Waals surface area contributed by atoms with Gasteiger partial charge in [0.2, 0.25) is 5.91 Å². The Hall–Kier alpha value is -2.70. The molecular formula is C25H31FN4O2. The molecule has 1 unspecified atom stereocenters. The maximum Gasteiger partial charge on any atom is 0.255 e. The molecule has 1 aliphatic heterocycles. The molecule has 1 N–H and O–H groups in total. The first kappa shape index (κ1) is 21.2. The third-order valence-electron chi connectivity index (χ3n) is 7.76. The zero-order chi connectivity index (χ0) is 22.3. The topological polar surface area (TPSA) is 67.2 Å². The molecule has 3 aliphatic rings. The highest BCUT2D eigenvalue weighted by molar-refractivity contribution is 5.95. The van der Waals surface area contributed by atoms with Gasteiger partial charge in [-0.05, 0) is 67.6 Å². The number of hydrogen-bond acceptors (Lipinski definition) is 3. The molecule has 1 atom stereocenters. The van der Waals surface area contributed by atoms with Crippen molar-refractivity contribution >= 4 is 11.8 Å². The molecule has 1 spiro atoms. The number of rotatable bonds is 6. The monoisotopic (exact) mass is 438 g/mol. The molecule has 6 nitrogen and oxygen atoms in total. The molecule has 2 saturated carbocycles. The van der Waals surface area contributed by atoms with Gasteiger partial charge >= 0.3 is 0 Å². The Bertz CT molecular complexity index is 1000. The number of halogens is 1. The van der Waals surface area contributed by atoms with Gasteiger partial charge in [0.1, 0.15) is 5.82 Å². The second kappa shape index (κ2) is 8.34. The van der Waals surface area contributed by atoms with Crippen LogP contribution in [0.5, 0.6) is 0 Å². The van der Waals surface area contributed by atoms with Crippen molar-refractivity contribution in [3.05, 3.63) is 53.1 Å². The Kier molecular flexibility index (Phi) is 5.51. The van der Waals surface area contributed by atoms with Gasteiger partial charge in [-0.2, -0.15) is 5.10 Å². The lowest BCUT2D eigenvalue weighted by atomic mass is 9.79. The van der Waals surface area contributed by atoms with Crippen LogP contribution in [0.1, 0.15) is 60.1 Å². The van der Waals surface area contributed by atoms with Crippen LogP contribution in [0.25, 0.3) is 0 Å². The van der Waals surface area contributed by atoms with Gasteiger partial charge in [-0.15, -0.1) is 0 Å². The second-order valence-electron chi connectivity index (χ2n) is 9.92. The number of aryl methyl sites for hydroxylation is 1. The molecule has 2 amide bonds. The van der Waals surface area contributed by atoms with Gasteiger partial charge in [0.25, 0.3) is 5.91 Å². The summed E-state index contributed by atoms with van der Waals surface area (Å²) in [5.74, 6) is 0.642. The van der Waals surface area contributed by atoms with E-state index >= 15 is 0 Å². The van der Waals surface area contributed by atoms with Crippen LogP contribution in [0, 0.1) is 23.1 Å². The van der Waals surface area contributed by atoms with Gasteiger partial charge in [0.05, 0.1) is 11.3 Å². The minimum atomic E-state index is -0.290. The van der Waals surface area contributed by atoms with Crippen molar-refractivity contribution in [3.8, 4) is 0 Å². The second-order valence-corrected chi connectivity index (χ2v) is 9.92. The van der Waals surface area contributed by atoms with Crippen molar-refractivity contribution in [1.82, 2.24) is 20.0 Å². The van der Waals surface area contributed by atoms with E-state index in [1.165, 1.54) is 31.4 Å². The van der Waals surface area contributed by atoms with E-state index in [1.807, 2.05) is 7.05 Å². The molecule has 7 heteroatoms. The first-order chi connectivity index (χ1) is 15.4. The Morgan fingerprint density at radius 2 is 1.91 bits per heavy atom. The van der Waals surface area contributed by atoms with Gasteiger partial charge in [-0.25, -0.2) is 4.39 Å². The number of carbonyl (C=O) groups is 2. The van der Waals surface area contributed by atoms with E-state index in [0.717, 1.165) is 50.0 Å². The number of piperidine rings is 1. The SMILES string of the molecule is Cn1cc(C(=O)NCc2ccc(F)cc2)c(CC2CCN(C(=O)C3CC34CCC4)CC2)n1. The van der Waals surface area contributed by atoms with Gasteiger partial charge in [-0.3, -0.25) is 14.3 Å². The van der Waals surface area contributed by atoms with Crippen LogP contribution in [0.3, 0.4) is 0 Å². The summed E-state index contributed by atoms with van der Waals surface area (Å²) in [7, 11) is 1.83. The molecule has 1 saturated heterocycles. The molecular weight excluding hydrogens is 407 g/mol. The summed E-state index contributed by atoms with van der Waals surface area (Å²) in [4.78, 5) is 27.7. The van der Waals surface area contributed by atoms with Crippen LogP contribution in [-0.4, -0.2) is 39.6 Å². The highest BCUT2D eigenvalue weighted by Gasteiger charge is 2.61. The number of amides is 2. The first-order valence-electron chi connectivity index (χ1n) is 11.8. The maximum atomic E-state index is 13.1. The van der Waals surface area contributed by atoms with Crippen LogP contribution in [0.15, 0.2) is 30.5 Å². The average Bonchev–Trinajstić information content (AvgIpc) is 3.44. The van der Waals surface area contributed by atoms with E-state index in [-0.39, 0.29) is 11.7 Å². The molecule has 1 aromatic heterocycles. The lowest BCUT2D eigenvalue weighted by Gasteiger charge is -2.34. The summed E-state index contributed by atoms with van der Waals surface area (Å²) in [5, 5.41) is 7.47. The van der Waals surface area contributed by atoms with E-state index in [4.69, 9.17) is 0 Å². The molecule has 5 rings (SSSR count). The smallest absolute Gasteiger partial charge is 0.255 e.